The fourth-order valence-corrected chi connectivity index (χ4v) is 2.38. The zero-order valence-corrected chi connectivity index (χ0v) is 11.0. The molecule has 1 amide bonds. The van der Waals surface area contributed by atoms with Crippen molar-refractivity contribution in [2.24, 2.45) is 11.8 Å². The summed E-state index contributed by atoms with van der Waals surface area (Å²) in [5.41, 5.74) is 0. The number of rotatable bonds is 5. The standard InChI is InChI=1S/C12H21NO5/c1-7-8(2)12(13-9(3)16)11(5-17-6-15)18-10(7)4-14/h6-8,10-12,14H,4-5H2,1-3H3,(H,13,16)/t7-,8+,10-,11+,12?/m1/s1. The van der Waals surface area contributed by atoms with Gasteiger partial charge in [-0.25, -0.2) is 0 Å². The number of hydrogen-bond acceptors (Lipinski definition) is 5. The zero-order chi connectivity index (χ0) is 13.7. The zero-order valence-electron chi connectivity index (χ0n) is 11.0. The molecular formula is C12H21NO5. The number of aliphatic hydroxyl groups excluding tert-OH is 1. The average molecular weight is 259 g/mol. The fraction of sp³-hybridized carbons (Fsp3) is 0.833. The summed E-state index contributed by atoms with van der Waals surface area (Å²) in [5.74, 6) is 0.0839. The van der Waals surface area contributed by atoms with E-state index in [1.807, 2.05) is 13.8 Å². The summed E-state index contributed by atoms with van der Waals surface area (Å²) < 4.78 is 10.4. The van der Waals surface area contributed by atoms with Crippen molar-refractivity contribution in [2.75, 3.05) is 13.2 Å². The molecule has 104 valence electrons. The minimum Gasteiger partial charge on any atom is -0.465 e. The predicted molar refractivity (Wildman–Crippen MR) is 63.7 cm³/mol. The van der Waals surface area contributed by atoms with Gasteiger partial charge in [-0.1, -0.05) is 13.8 Å². The molecule has 18 heavy (non-hydrogen) atoms. The summed E-state index contributed by atoms with van der Waals surface area (Å²) in [7, 11) is 0. The van der Waals surface area contributed by atoms with E-state index in [9.17, 15) is 14.7 Å². The number of hydrogen-bond donors (Lipinski definition) is 2. The summed E-state index contributed by atoms with van der Waals surface area (Å²) in [4.78, 5) is 21.5. The van der Waals surface area contributed by atoms with Gasteiger partial charge >= 0.3 is 0 Å². The fourth-order valence-electron chi connectivity index (χ4n) is 2.38. The van der Waals surface area contributed by atoms with Crippen molar-refractivity contribution >= 4 is 12.4 Å². The Balaban J connectivity index is 2.79. The van der Waals surface area contributed by atoms with Crippen LogP contribution in [0, 0.1) is 11.8 Å². The Labute approximate surface area is 107 Å². The average Bonchev–Trinajstić information content (AvgIpc) is 2.33. The molecule has 0 aromatic heterocycles. The second-order valence-electron chi connectivity index (χ2n) is 4.77. The third-order valence-electron chi connectivity index (χ3n) is 3.61. The van der Waals surface area contributed by atoms with Crippen LogP contribution in [0.25, 0.3) is 0 Å². The molecule has 0 aromatic carbocycles. The molecule has 0 bridgehead atoms. The van der Waals surface area contributed by atoms with E-state index in [0.29, 0.717) is 6.47 Å². The molecule has 1 rings (SSSR count). The van der Waals surface area contributed by atoms with Gasteiger partial charge in [0, 0.05) is 6.92 Å². The first kappa shape index (κ1) is 14.9. The Morgan fingerprint density at radius 2 is 2.06 bits per heavy atom. The van der Waals surface area contributed by atoms with E-state index < -0.39 is 6.10 Å². The molecule has 1 unspecified atom stereocenters. The van der Waals surface area contributed by atoms with Gasteiger partial charge in [-0.2, -0.15) is 0 Å². The molecule has 0 aromatic rings. The lowest BCUT2D eigenvalue weighted by atomic mass is 9.80. The van der Waals surface area contributed by atoms with Crippen LogP contribution in [0.15, 0.2) is 0 Å². The minimum atomic E-state index is -0.428. The van der Waals surface area contributed by atoms with Gasteiger partial charge < -0.3 is 19.9 Å². The van der Waals surface area contributed by atoms with E-state index in [2.05, 4.69) is 5.32 Å². The topological polar surface area (TPSA) is 84.9 Å². The van der Waals surface area contributed by atoms with Gasteiger partial charge in [-0.3, -0.25) is 9.59 Å². The van der Waals surface area contributed by atoms with Crippen LogP contribution in [0.5, 0.6) is 0 Å². The molecule has 1 fully saturated rings. The highest BCUT2D eigenvalue weighted by atomic mass is 16.6. The van der Waals surface area contributed by atoms with Gasteiger partial charge in [0.2, 0.25) is 5.91 Å². The van der Waals surface area contributed by atoms with Gasteiger partial charge in [0.1, 0.15) is 12.7 Å². The molecule has 5 atom stereocenters. The Morgan fingerprint density at radius 3 is 2.56 bits per heavy atom. The van der Waals surface area contributed by atoms with Gasteiger partial charge in [0.25, 0.3) is 6.47 Å². The highest BCUT2D eigenvalue weighted by Crippen LogP contribution is 2.30. The van der Waals surface area contributed by atoms with Crippen LogP contribution in [0.2, 0.25) is 0 Å². The second-order valence-corrected chi connectivity index (χ2v) is 4.77. The first-order valence-electron chi connectivity index (χ1n) is 6.10. The number of carbonyl (C=O) groups is 2. The number of nitrogens with one attached hydrogen (secondary N) is 1. The third kappa shape index (κ3) is 3.43. The summed E-state index contributed by atoms with van der Waals surface area (Å²) in [5, 5.41) is 12.1. The van der Waals surface area contributed by atoms with Crippen LogP contribution >= 0.6 is 0 Å². The quantitative estimate of drug-likeness (QED) is 0.662. The van der Waals surface area contributed by atoms with Crippen molar-refractivity contribution in [2.45, 2.75) is 39.0 Å². The molecule has 0 aliphatic carbocycles. The van der Waals surface area contributed by atoms with Crippen LogP contribution < -0.4 is 5.32 Å². The molecule has 1 saturated heterocycles. The van der Waals surface area contributed by atoms with Gasteiger partial charge in [0.05, 0.1) is 18.8 Å². The van der Waals surface area contributed by atoms with Crippen LogP contribution in [0.3, 0.4) is 0 Å². The highest BCUT2D eigenvalue weighted by molar-refractivity contribution is 5.73. The van der Waals surface area contributed by atoms with Crippen LogP contribution in [0.1, 0.15) is 20.8 Å². The number of ether oxygens (including phenoxy) is 2. The minimum absolute atomic E-state index is 0.0714. The van der Waals surface area contributed by atoms with Crippen molar-refractivity contribution < 1.29 is 24.2 Å². The van der Waals surface area contributed by atoms with Crippen LogP contribution in [-0.2, 0) is 19.1 Å². The molecule has 1 aliphatic heterocycles. The number of amides is 1. The molecule has 1 aliphatic rings. The predicted octanol–water partition coefficient (Wildman–Crippen LogP) is -0.304. The Bertz CT molecular complexity index is 296. The van der Waals surface area contributed by atoms with E-state index in [4.69, 9.17) is 9.47 Å². The maximum atomic E-state index is 11.2. The molecule has 6 heteroatoms. The smallest absolute Gasteiger partial charge is 0.293 e. The monoisotopic (exact) mass is 259 g/mol. The van der Waals surface area contributed by atoms with E-state index in [1.54, 1.807) is 0 Å². The number of carbonyl (C=O) groups excluding carboxylic acids is 2. The van der Waals surface area contributed by atoms with Crippen molar-refractivity contribution in [3.63, 3.8) is 0 Å². The normalized spacial score (nSPS) is 35.9. The van der Waals surface area contributed by atoms with Crippen molar-refractivity contribution in [1.82, 2.24) is 5.32 Å². The van der Waals surface area contributed by atoms with Gasteiger partial charge in [-0.05, 0) is 11.8 Å². The first-order valence-corrected chi connectivity index (χ1v) is 6.10. The SMILES string of the molecule is CC(=O)NC1[C@H](COC=O)O[C@H](CO)[C@H](C)[C@@H]1C. The Hall–Kier alpha value is -1.14. The maximum absolute atomic E-state index is 11.2. The van der Waals surface area contributed by atoms with Gasteiger partial charge in [-0.15, -0.1) is 0 Å². The molecular weight excluding hydrogens is 238 g/mol. The Morgan fingerprint density at radius 1 is 1.39 bits per heavy atom. The summed E-state index contributed by atoms with van der Waals surface area (Å²) in [6.45, 7) is 5.73. The van der Waals surface area contributed by atoms with Gasteiger partial charge in [0.15, 0.2) is 0 Å². The maximum Gasteiger partial charge on any atom is 0.293 e. The highest BCUT2D eigenvalue weighted by Gasteiger charge is 2.41. The Kier molecular flexibility index (Phi) is 5.55. The number of aliphatic hydroxyl groups is 1. The van der Waals surface area contributed by atoms with Crippen LogP contribution in [0.4, 0.5) is 0 Å². The molecule has 0 saturated carbocycles. The summed E-state index contributed by atoms with van der Waals surface area (Å²) in [6.07, 6.45) is -0.729. The molecule has 6 nitrogen and oxygen atoms in total. The molecule has 0 spiro atoms. The van der Waals surface area contributed by atoms with E-state index >= 15 is 0 Å². The largest absolute Gasteiger partial charge is 0.465 e. The summed E-state index contributed by atoms with van der Waals surface area (Å²) in [6, 6.07) is -0.222. The third-order valence-corrected chi connectivity index (χ3v) is 3.61. The second kappa shape index (κ2) is 6.70. The van der Waals surface area contributed by atoms with Crippen molar-refractivity contribution in [3.8, 4) is 0 Å². The molecule has 1 heterocycles. The lowest BCUT2D eigenvalue weighted by Crippen LogP contribution is -2.58. The molecule has 2 N–H and O–H groups in total. The summed E-state index contributed by atoms with van der Waals surface area (Å²) >= 11 is 0. The van der Waals surface area contributed by atoms with Crippen LogP contribution in [-0.4, -0.2) is 48.9 Å². The van der Waals surface area contributed by atoms with Crippen molar-refractivity contribution in [3.05, 3.63) is 0 Å². The molecule has 0 radical (unpaired) electrons. The van der Waals surface area contributed by atoms with E-state index in [-0.39, 0.29) is 43.1 Å². The lowest BCUT2D eigenvalue weighted by Gasteiger charge is -2.44. The lowest BCUT2D eigenvalue weighted by molar-refractivity contribution is -0.164. The first-order chi connectivity index (χ1) is 8.51. The van der Waals surface area contributed by atoms with E-state index in [0.717, 1.165) is 0 Å². The van der Waals surface area contributed by atoms with E-state index in [1.165, 1.54) is 6.92 Å². The van der Waals surface area contributed by atoms with Crippen molar-refractivity contribution in [1.29, 1.82) is 0 Å².